The number of thioether (sulfide) groups is 1. The lowest BCUT2D eigenvalue weighted by Crippen LogP contribution is -2.40. The molecular formula is C20H26N2O2S2. The molecule has 4 rings (SSSR count). The first-order valence-corrected chi connectivity index (χ1v) is 11.4. The summed E-state index contributed by atoms with van der Waals surface area (Å²) in [5.74, 6) is 3.87. The molecule has 1 aromatic heterocycles. The Morgan fingerprint density at radius 1 is 1.42 bits per heavy atom. The highest BCUT2D eigenvalue weighted by atomic mass is 32.2. The lowest BCUT2D eigenvalue weighted by atomic mass is 9.84. The highest BCUT2D eigenvalue weighted by Gasteiger charge is 2.42. The Balaban J connectivity index is 1.30. The first-order valence-electron chi connectivity index (χ1n) is 9.58. The molecule has 140 valence electrons. The number of nitrogens with zero attached hydrogens (tertiary/aromatic N) is 1. The number of nitrogens with one attached hydrogen (secondary N) is 1. The van der Waals surface area contributed by atoms with Crippen LogP contribution < -0.4 is 10.1 Å². The van der Waals surface area contributed by atoms with Gasteiger partial charge < -0.3 is 10.1 Å². The van der Waals surface area contributed by atoms with Crippen LogP contribution in [0, 0.1) is 17.8 Å². The molecule has 4 atom stereocenters. The van der Waals surface area contributed by atoms with E-state index in [1.54, 1.807) is 11.3 Å². The fourth-order valence-corrected chi connectivity index (χ4v) is 6.55. The van der Waals surface area contributed by atoms with Crippen molar-refractivity contribution in [1.29, 1.82) is 0 Å². The van der Waals surface area contributed by atoms with Crippen LogP contribution in [0.4, 0.5) is 0 Å². The van der Waals surface area contributed by atoms with E-state index in [2.05, 4.69) is 17.2 Å². The van der Waals surface area contributed by atoms with Gasteiger partial charge in [-0.15, -0.1) is 11.3 Å². The fraction of sp³-hybridized carbons (Fsp3) is 0.600. The second kappa shape index (κ2) is 7.77. The minimum atomic E-state index is 0.125. The van der Waals surface area contributed by atoms with Crippen LogP contribution in [-0.4, -0.2) is 29.3 Å². The van der Waals surface area contributed by atoms with Crippen molar-refractivity contribution in [2.45, 2.75) is 49.9 Å². The van der Waals surface area contributed by atoms with Gasteiger partial charge in [-0.25, -0.2) is 4.98 Å². The molecule has 1 aromatic carbocycles. The average molecular weight is 391 g/mol. The maximum absolute atomic E-state index is 12.4. The Kier molecular flexibility index (Phi) is 5.41. The number of fused-ring (bicyclic) bond motifs is 3. The molecule has 0 aliphatic heterocycles. The van der Waals surface area contributed by atoms with Gasteiger partial charge in [0.2, 0.25) is 5.91 Å². The minimum absolute atomic E-state index is 0.125. The Morgan fingerprint density at radius 3 is 3.04 bits per heavy atom. The van der Waals surface area contributed by atoms with E-state index < -0.39 is 0 Å². The Labute approximate surface area is 163 Å². The molecule has 2 aromatic rings. The van der Waals surface area contributed by atoms with Gasteiger partial charge in [0.25, 0.3) is 0 Å². The lowest BCUT2D eigenvalue weighted by molar-refractivity contribution is -0.119. The zero-order valence-electron chi connectivity index (χ0n) is 15.4. The Morgan fingerprint density at radius 2 is 2.31 bits per heavy atom. The normalized spacial score (nSPS) is 25.5. The Bertz CT molecular complexity index is 791. The molecule has 0 radical (unpaired) electrons. The molecule has 2 bridgehead atoms. The molecule has 4 nitrogen and oxygen atoms in total. The van der Waals surface area contributed by atoms with E-state index in [4.69, 9.17) is 4.74 Å². The molecule has 2 aliphatic carbocycles. The van der Waals surface area contributed by atoms with E-state index in [-0.39, 0.29) is 5.91 Å². The maximum Gasteiger partial charge on any atom is 0.230 e. The first kappa shape index (κ1) is 18.1. The zero-order valence-corrected chi connectivity index (χ0v) is 17.0. The van der Waals surface area contributed by atoms with Crippen LogP contribution >= 0.6 is 23.1 Å². The minimum Gasteiger partial charge on any atom is -0.494 e. The van der Waals surface area contributed by atoms with Gasteiger partial charge in [0.1, 0.15) is 5.75 Å². The number of hydrogen-bond acceptors (Lipinski definition) is 5. The topological polar surface area (TPSA) is 51.2 Å². The third-order valence-electron chi connectivity index (χ3n) is 5.80. The molecule has 0 unspecified atom stereocenters. The van der Waals surface area contributed by atoms with Gasteiger partial charge in [0, 0.05) is 6.04 Å². The molecule has 0 saturated heterocycles. The standard InChI is InChI=1S/C20H26N2O2S2/c1-3-24-15-6-7-17-18(10-15)26-20(22-17)25-11-19(23)21-12(2)16-9-13-4-5-14(16)8-13/h6-7,10,12-14,16H,3-5,8-9,11H2,1-2H3,(H,21,23)/t12-,13-,14-,16+/m0/s1. The molecule has 1 heterocycles. The molecule has 2 saturated carbocycles. The van der Waals surface area contributed by atoms with Crippen molar-refractivity contribution in [1.82, 2.24) is 10.3 Å². The monoisotopic (exact) mass is 390 g/mol. The van der Waals surface area contributed by atoms with E-state index in [1.165, 1.54) is 37.4 Å². The van der Waals surface area contributed by atoms with Crippen LogP contribution in [0.15, 0.2) is 22.5 Å². The number of hydrogen-bond donors (Lipinski definition) is 1. The van der Waals surface area contributed by atoms with Crippen molar-refractivity contribution in [2.75, 3.05) is 12.4 Å². The van der Waals surface area contributed by atoms with E-state index in [1.807, 2.05) is 25.1 Å². The summed E-state index contributed by atoms with van der Waals surface area (Å²) < 4.78 is 7.59. The summed E-state index contributed by atoms with van der Waals surface area (Å²) in [4.78, 5) is 17.0. The van der Waals surface area contributed by atoms with Crippen molar-refractivity contribution in [3.63, 3.8) is 0 Å². The van der Waals surface area contributed by atoms with Crippen LogP contribution in [0.1, 0.15) is 39.5 Å². The summed E-state index contributed by atoms with van der Waals surface area (Å²) in [5, 5.41) is 3.23. The maximum atomic E-state index is 12.4. The predicted molar refractivity (Wildman–Crippen MR) is 108 cm³/mol. The smallest absolute Gasteiger partial charge is 0.230 e. The van der Waals surface area contributed by atoms with Gasteiger partial charge in [-0.1, -0.05) is 18.2 Å². The summed E-state index contributed by atoms with van der Waals surface area (Å²) in [6.07, 6.45) is 5.45. The average Bonchev–Trinajstić information content (AvgIpc) is 3.34. The van der Waals surface area contributed by atoms with E-state index in [0.29, 0.717) is 24.3 Å². The number of benzene rings is 1. The second-order valence-electron chi connectivity index (χ2n) is 7.53. The number of thiazole rings is 1. The van der Waals surface area contributed by atoms with Crippen molar-refractivity contribution in [3.8, 4) is 5.75 Å². The highest BCUT2D eigenvalue weighted by molar-refractivity contribution is 8.01. The zero-order chi connectivity index (χ0) is 18.1. The first-order chi connectivity index (χ1) is 12.6. The van der Waals surface area contributed by atoms with Crippen LogP contribution in [0.2, 0.25) is 0 Å². The van der Waals surface area contributed by atoms with Gasteiger partial charge in [-0.2, -0.15) is 0 Å². The molecule has 2 aliphatic rings. The third-order valence-corrected chi connectivity index (χ3v) is 7.96. The van der Waals surface area contributed by atoms with E-state index in [9.17, 15) is 4.79 Å². The van der Waals surface area contributed by atoms with Crippen molar-refractivity contribution >= 4 is 39.2 Å². The number of rotatable bonds is 7. The summed E-state index contributed by atoms with van der Waals surface area (Å²) >= 11 is 3.15. The van der Waals surface area contributed by atoms with Crippen LogP contribution in [0.3, 0.4) is 0 Å². The summed E-state index contributed by atoms with van der Waals surface area (Å²) in [7, 11) is 0. The molecular weight excluding hydrogens is 364 g/mol. The second-order valence-corrected chi connectivity index (χ2v) is 9.78. The van der Waals surface area contributed by atoms with Crippen molar-refractivity contribution in [3.05, 3.63) is 18.2 Å². The summed E-state index contributed by atoms with van der Waals surface area (Å²) in [5.41, 5.74) is 0.969. The van der Waals surface area contributed by atoms with Crippen molar-refractivity contribution < 1.29 is 9.53 Å². The summed E-state index contributed by atoms with van der Waals surface area (Å²) in [6, 6.07) is 6.25. The van der Waals surface area contributed by atoms with Crippen molar-refractivity contribution in [2.24, 2.45) is 17.8 Å². The van der Waals surface area contributed by atoms with Gasteiger partial charge in [-0.05, 0) is 69.1 Å². The quantitative estimate of drug-likeness (QED) is 0.695. The Hall–Kier alpha value is -1.27. The SMILES string of the molecule is CCOc1ccc2nc(SCC(=O)N[C@@H](C)[C@H]3C[C@H]4CC[C@H]3C4)sc2c1. The summed E-state index contributed by atoms with van der Waals surface area (Å²) in [6.45, 7) is 4.82. The van der Waals surface area contributed by atoms with Gasteiger partial charge in [-0.3, -0.25) is 4.79 Å². The van der Waals surface area contributed by atoms with Crippen LogP contribution in [0.5, 0.6) is 5.75 Å². The number of carbonyl (C=O) groups is 1. The molecule has 0 spiro atoms. The molecule has 26 heavy (non-hydrogen) atoms. The molecule has 1 N–H and O–H groups in total. The van der Waals surface area contributed by atoms with Gasteiger partial charge in [0.05, 0.1) is 22.6 Å². The van der Waals surface area contributed by atoms with Gasteiger partial charge in [0.15, 0.2) is 4.34 Å². The van der Waals surface area contributed by atoms with Crippen LogP contribution in [0.25, 0.3) is 10.2 Å². The van der Waals surface area contributed by atoms with Gasteiger partial charge >= 0.3 is 0 Å². The number of ether oxygens (including phenoxy) is 1. The van der Waals surface area contributed by atoms with E-state index in [0.717, 1.165) is 32.1 Å². The predicted octanol–water partition coefficient (Wildman–Crippen LogP) is 4.73. The highest BCUT2D eigenvalue weighted by Crippen LogP contribution is 2.49. The molecule has 6 heteroatoms. The molecule has 2 fully saturated rings. The van der Waals surface area contributed by atoms with E-state index >= 15 is 0 Å². The number of amides is 1. The fourth-order valence-electron chi connectivity index (χ4n) is 4.64. The van der Waals surface area contributed by atoms with Crippen LogP contribution in [-0.2, 0) is 4.79 Å². The largest absolute Gasteiger partial charge is 0.494 e. The molecule has 1 amide bonds. The number of aromatic nitrogens is 1. The number of carbonyl (C=O) groups excluding carboxylic acids is 1. The lowest BCUT2D eigenvalue weighted by Gasteiger charge is -2.28. The third kappa shape index (κ3) is 3.86.